The SMILES string of the molecule is CCOC(=O)C(CCc1ccccc1)NC1CCCCN(C(C)C(=O)O)C1. The van der Waals surface area contributed by atoms with E-state index in [1.807, 2.05) is 30.0 Å². The monoisotopic (exact) mass is 376 g/mol. The Hall–Kier alpha value is -1.92. The number of likely N-dealkylation sites (tertiary alicyclic amines) is 1. The lowest BCUT2D eigenvalue weighted by Crippen LogP contribution is -2.51. The second kappa shape index (κ2) is 11.0. The van der Waals surface area contributed by atoms with E-state index >= 15 is 0 Å². The number of aryl methyl sites for hydroxylation is 1. The van der Waals surface area contributed by atoms with Crippen LogP contribution < -0.4 is 5.32 Å². The molecule has 0 bridgehead atoms. The number of hydrogen-bond acceptors (Lipinski definition) is 5. The fourth-order valence-corrected chi connectivity index (χ4v) is 3.57. The standard InChI is InChI=1S/C21H32N2O4/c1-3-27-21(26)19(13-12-17-9-5-4-6-10-17)22-18-11-7-8-14-23(15-18)16(2)20(24)25/h4-6,9-10,16,18-19,22H,3,7-8,11-15H2,1-2H3,(H,24,25). The average Bonchev–Trinajstić information content (AvgIpc) is 2.91. The van der Waals surface area contributed by atoms with Crippen molar-refractivity contribution in [3.8, 4) is 0 Å². The second-order valence-corrected chi connectivity index (χ2v) is 7.20. The number of carboxylic acids is 1. The molecule has 3 unspecified atom stereocenters. The van der Waals surface area contributed by atoms with Crippen LogP contribution in [0.25, 0.3) is 0 Å². The molecule has 2 rings (SSSR count). The second-order valence-electron chi connectivity index (χ2n) is 7.20. The van der Waals surface area contributed by atoms with Gasteiger partial charge in [-0.15, -0.1) is 0 Å². The van der Waals surface area contributed by atoms with Crippen LogP contribution in [0, 0.1) is 0 Å². The number of carbonyl (C=O) groups excluding carboxylic acids is 1. The Kier molecular flexibility index (Phi) is 8.75. The summed E-state index contributed by atoms with van der Waals surface area (Å²) in [5.74, 6) is -1.03. The molecule has 0 saturated carbocycles. The van der Waals surface area contributed by atoms with Crippen LogP contribution in [0.3, 0.4) is 0 Å². The number of hydrogen-bond donors (Lipinski definition) is 2. The fraction of sp³-hybridized carbons (Fsp3) is 0.619. The molecular weight excluding hydrogens is 344 g/mol. The summed E-state index contributed by atoms with van der Waals surface area (Å²) in [6.45, 7) is 5.31. The Bertz CT molecular complexity index is 593. The summed E-state index contributed by atoms with van der Waals surface area (Å²) in [7, 11) is 0. The van der Waals surface area contributed by atoms with Gasteiger partial charge in [-0.3, -0.25) is 14.5 Å². The van der Waals surface area contributed by atoms with Gasteiger partial charge in [-0.1, -0.05) is 36.8 Å². The molecule has 1 fully saturated rings. The van der Waals surface area contributed by atoms with Gasteiger partial charge in [-0.05, 0) is 51.6 Å². The highest BCUT2D eigenvalue weighted by Gasteiger charge is 2.29. The molecule has 6 heteroatoms. The van der Waals surface area contributed by atoms with Crippen molar-refractivity contribution in [3.05, 3.63) is 35.9 Å². The Balaban J connectivity index is 2.01. The lowest BCUT2D eigenvalue weighted by Gasteiger charge is -2.30. The molecule has 27 heavy (non-hydrogen) atoms. The number of nitrogens with one attached hydrogen (secondary N) is 1. The summed E-state index contributed by atoms with van der Waals surface area (Å²) in [5, 5.41) is 12.8. The molecule has 0 amide bonds. The summed E-state index contributed by atoms with van der Waals surface area (Å²) >= 11 is 0. The third kappa shape index (κ3) is 6.96. The van der Waals surface area contributed by atoms with E-state index in [0.717, 1.165) is 32.2 Å². The number of esters is 1. The topological polar surface area (TPSA) is 78.9 Å². The Morgan fingerprint density at radius 2 is 2.04 bits per heavy atom. The first-order chi connectivity index (χ1) is 13.0. The molecule has 0 aromatic heterocycles. The summed E-state index contributed by atoms with van der Waals surface area (Å²) in [6.07, 6.45) is 4.38. The minimum Gasteiger partial charge on any atom is -0.480 e. The molecule has 6 nitrogen and oxygen atoms in total. The molecule has 3 atom stereocenters. The minimum absolute atomic E-state index is 0.0829. The van der Waals surface area contributed by atoms with Crippen LogP contribution >= 0.6 is 0 Å². The number of rotatable bonds is 9. The zero-order chi connectivity index (χ0) is 19.6. The molecule has 1 aromatic carbocycles. The third-order valence-corrected chi connectivity index (χ3v) is 5.18. The highest BCUT2D eigenvalue weighted by Crippen LogP contribution is 2.16. The first-order valence-corrected chi connectivity index (χ1v) is 9.94. The minimum atomic E-state index is -0.804. The average molecular weight is 376 g/mol. The molecule has 0 spiro atoms. The van der Waals surface area contributed by atoms with Gasteiger partial charge >= 0.3 is 11.9 Å². The molecule has 1 saturated heterocycles. The van der Waals surface area contributed by atoms with Crippen molar-refractivity contribution in [1.29, 1.82) is 0 Å². The zero-order valence-corrected chi connectivity index (χ0v) is 16.4. The van der Waals surface area contributed by atoms with Gasteiger partial charge in [0.2, 0.25) is 0 Å². The van der Waals surface area contributed by atoms with Gasteiger partial charge in [0.1, 0.15) is 12.1 Å². The molecule has 150 valence electrons. The van der Waals surface area contributed by atoms with Crippen LogP contribution in [0.5, 0.6) is 0 Å². The van der Waals surface area contributed by atoms with Gasteiger partial charge in [0, 0.05) is 12.6 Å². The van der Waals surface area contributed by atoms with Gasteiger partial charge in [0.15, 0.2) is 0 Å². The van der Waals surface area contributed by atoms with Crippen LogP contribution in [0.1, 0.15) is 45.1 Å². The molecule has 1 aromatic rings. The molecule has 1 aliphatic heterocycles. The lowest BCUT2D eigenvalue weighted by molar-refractivity contribution is -0.146. The van der Waals surface area contributed by atoms with Crippen LogP contribution in [0.2, 0.25) is 0 Å². The van der Waals surface area contributed by atoms with Crippen LogP contribution in [0.4, 0.5) is 0 Å². The highest BCUT2D eigenvalue weighted by molar-refractivity contribution is 5.76. The van der Waals surface area contributed by atoms with Gasteiger partial charge in [0.05, 0.1) is 6.61 Å². The summed E-state index contributed by atoms with van der Waals surface area (Å²) in [4.78, 5) is 25.8. The smallest absolute Gasteiger partial charge is 0.323 e. The van der Waals surface area contributed by atoms with Gasteiger partial charge in [-0.2, -0.15) is 0 Å². The van der Waals surface area contributed by atoms with E-state index in [4.69, 9.17) is 4.74 Å². The van der Waals surface area contributed by atoms with Gasteiger partial charge in [-0.25, -0.2) is 0 Å². The zero-order valence-electron chi connectivity index (χ0n) is 16.4. The summed E-state index contributed by atoms with van der Waals surface area (Å²) in [6, 6.07) is 9.28. The number of carboxylic acid groups (broad SMARTS) is 1. The van der Waals surface area contributed by atoms with E-state index < -0.39 is 12.0 Å². The predicted octanol–water partition coefficient (Wildman–Crippen LogP) is 2.47. The van der Waals surface area contributed by atoms with E-state index in [-0.39, 0.29) is 18.1 Å². The maximum atomic E-state index is 12.5. The number of ether oxygens (including phenoxy) is 1. The van der Waals surface area contributed by atoms with E-state index in [0.29, 0.717) is 19.6 Å². The van der Waals surface area contributed by atoms with Crippen molar-refractivity contribution >= 4 is 11.9 Å². The molecule has 1 heterocycles. The molecule has 1 aliphatic rings. The Morgan fingerprint density at radius 3 is 2.70 bits per heavy atom. The summed E-state index contributed by atoms with van der Waals surface area (Å²) in [5.41, 5.74) is 1.19. The first kappa shape index (κ1) is 21.4. The van der Waals surface area contributed by atoms with Crippen molar-refractivity contribution in [3.63, 3.8) is 0 Å². The van der Waals surface area contributed by atoms with Crippen molar-refractivity contribution < 1.29 is 19.4 Å². The largest absolute Gasteiger partial charge is 0.480 e. The molecule has 0 aliphatic carbocycles. The highest BCUT2D eigenvalue weighted by atomic mass is 16.5. The van der Waals surface area contributed by atoms with E-state index in [1.165, 1.54) is 5.56 Å². The first-order valence-electron chi connectivity index (χ1n) is 9.94. The number of nitrogens with zero attached hydrogens (tertiary/aromatic N) is 1. The Labute approximate surface area is 161 Å². The lowest BCUT2D eigenvalue weighted by atomic mass is 10.0. The van der Waals surface area contributed by atoms with E-state index in [9.17, 15) is 14.7 Å². The van der Waals surface area contributed by atoms with Crippen molar-refractivity contribution in [2.75, 3.05) is 19.7 Å². The number of aliphatic carboxylic acids is 1. The molecule has 2 N–H and O–H groups in total. The molecule has 0 radical (unpaired) electrons. The van der Waals surface area contributed by atoms with Crippen LogP contribution in [0.15, 0.2) is 30.3 Å². The van der Waals surface area contributed by atoms with Gasteiger partial charge < -0.3 is 15.2 Å². The maximum Gasteiger partial charge on any atom is 0.323 e. The van der Waals surface area contributed by atoms with Gasteiger partial charge in [0.25, 0.3) is 0 Å². The third-order valence-electron chi connectivity index (χ3n) is 5.18. The summed E-state index contributed by atoms with van der Waals surface area (Å²) < 4.78 is 5.27. The van der Waals surface area contributed by atoms with Crippen LogP contribution in [-0.2, 0) is 20.7 Å². The normalized spacial score (nSPS) is 20.4. The quantitative estimate of drug-likeness (QED) is 0.645. The van der Waals surface area contributed by atoms with Crippen molar-refractivity contribution in [2.45, 2.75) is 64.1 Å². The maximum absolute atomic E-state index is 12.5. The fourth-order valence-electron chi connectivity index (χ4n) is 3.57. The Morgan fingerprint density at radius 1 is 1.30 bits per heavy atom. The number of carbonyl (C=O) groups is 2. The number of benzene rings is 1. The predicted molar refractivity (Wildman–Crippen MR) is 105 cm³/mol. The van der Waals surface area contributed by atoms with Crippen LogP contribution in [-0.4, -0.2) is 59.8 Å². The van der Waals surface area contributed by atoms with Crippen molar-refractivity contribution in [1.82, 2.24) is 10.2 Å². The van der Waals surface area contributed by atoms with E-state index in [1.54, 1.807) is 6.92 Å². The van der Waals surface area contributed by atoms with E-state index in [2.05, 4.69) is 17.4 Å². The molecular formula is C21H32N2O4. The van der Waals surface area contributed by atoms with Crippen molar-refractivity contribution in [2.24, 2.45) is 0 Å².